The molecule has 1 amide bonds. The smallest absolute Gasteiger partial charge is 0.387 e. The lowest BCUT2D eigenvalue weighted by atomic mass is 10.1. The number of halogens is 2. The summed E-state index contributed by atoms with van der Waals surface area (Å²) in [6, 6.07) is 17.6. The number of fused-ring (bicyclic) bond motifs is 1. The highest BCUT2D eigenvalue weighted by Gasteiger charge is 2.18. The summed E-state index contributed by atoms with van der Waals surface area (Å²) in [6.07, 6.45) is 1.49. The molecule has 0 aliphatic heterocycles. The molecule has 0 saturated heterocycles. The van der Waals surface area contributed by atoms with Crippen LogP contribution in [0.1, 0.15) is 10.4 Å². The summed E-state index contributed by atoms with van der Waals surface area (Å²) in [5.41, 5.74) is 1.22. The molecule has 0 aliphatic carbocycles. The molecule has 2 aromatic carbocycles. The fourth-order valence-corrected chi connectivity index (χ4v) is 3.06. The Balaban J connectivity index is 1.51. The van der Waals surface area contributed by atoms with Crippen molar-refractivity contribution in [3.8, 4) is 17.2 Å². The van der Waals surface area contributed by atoms with Crippen molar-refractivity contribution in [2.75, 3.05) is 11.9 Å². The van der Waals surface area contributed by atoms with Gasteiger partial charge in [-0.2, -0.15) is 8.78 Å². The van der Waals surface area contributed by atoms with Crippen LogP contribution in [-0.4, -0.2) is 30.1 Å². The number of amides is 1. The van der Waals surface area contributed by atoms with Gasteiger partial charge in [0.1, 0.15) is 11.4 Å². The first-order chi connectivity index (χ1) is 15.5. The first-order valence-corrected chi connectivity index (χ1v) is 9.46. The van der Waals surface area contributed by atoms with Gasteiger partial charge in [-0.15, -0.1) is 0 Å². The maximum absolute atomic E-state index is 12.8. The molecule has 2 heterocycles. The van der Waals surface area contributed by atoms with Gasteiger partial charge in [0.15, 0.2) is 12.4 Å². The molecule has 9 heteroatoms. The minimum absolute atomic E-state index is 0.0308. The SMILES string of the molecule is O=C(COC(=O)c1cc(-c2ccco2)nc2ccccc12)Nc1ccccc1OC(F)F. The number of nitrogens with one attached hydrogen (secondary N) is 1. The molecule has 0 spiro atoms. The van der Waals surface area contributed by atoms with Crippen LogP contribution in [0.15, 0.2) is 77.4 Å². The van der Waals surface area contributed by atoms with Crippen molar-refractivity contribution in [2.24, 2.45) is 0 Å². The van der Waals surface area contributed by atoms with Crippen LogP contribution < -0.4 is 10.1 Å². The average Bonchev–Trinajstić information content (AvgIpc) is 3.33. The van der Waals surface area contributed by atoms with Crippen molar-refractivity contribution >= 4 is 28.5 Å². The molecular weight excluding hydrogens is 422 g/mol. The van der Waals surface area contributed by atoms with Crippen molar-refractivity contribution in [3.05, 3.63) is 78.6 Å². The van der Waals surface area contributed by atoms with Crippen LogP contribution in [-0.2, 0) is 9.53 Å². The largest absolute Gasteiger partial charge is 0.463 e. The molecule has 0 fully saturated rings. The van der Waals surface area contributed by atoms with Gasteiger partial charge < -0.3 is 19.2 Å². The normalized spacial score (nSPS) is 10.8. The number of hydrogen-bond donors (Lipinski definition) is 1. The summed E-state index contributed by atoms with van der Waals surface area (Å²) in [7, 11) is 0. The third kappa shape index (κ3) is 4.72. The molecule has 0 aliphatic rings. The Morgan fingerprint density at radius 3 is 2.59 bits per heavy atom. The molecule has 0 unspecified atom stereocenters. The minimum atomic E-state index is -3.05. The lowest BCUT2D eigenvalue weighted by molar-refractivity contribution is -0.119. The molecule has 0 atom stereocenters. The number of aromatic nitrogens is 1. The van der Waals surface area contributed by atoms with Gasteiger partial charge in [0.05, 0.1) is 23.0 Å². The number of para-hydroxylation sites is 3. The Morgan fingerprint density at radius 1 is 1.03 bits per heavy atom. The summed E-state index contributed by atoms with van der Waals surface area (Å²) in [6.45, 7) is -3.68. The number of ether oxygens (including phenoxy) is 2. The Labute approximate surface area is 180 Å². The molecule has 0 radical (unpaired) electrons. The third-order valence-electron chi connectivity index (χ3n) is 4.42. The summed E-state index contributed by atoms with van der Waals surface area (Å²) in [5.74, 6) is -1.19. The number of hydrogen-bond acceptors (Lipinski definition) is 6. The molecule has 7 nitrogen and oxygen atoms in total. The molecule has 2 aromatic heterocycles. The van der Waals surface area contributed by atoms with E-state index >= 15 is 0 Å². The molecular formula is C23H16F2N2O5. The van der Waals surface area contributed by atoms with Crippen LogP contribution >= 0.6 is 0 Å². The number of pyridine rings is 1. The number of nitrogens with zero attached hydrogens (tertiary/aromatic N) is 1. The number of furan rings is 1. The fraction of sp³-hybridized carbons (Fsp3) is 0.0870. The molecule has 1 N–H and O–H groups in total. The van der Waals surface area contributed by atoms with Crippen molar-refractivity contribution in [3.63, 3.8) is 0 Å². The van der Waals surface area contributed by atoms with Crippen molar-refractivity contribution in [2.45, 2.75) is 6.61 Å². The maximum Gasteiger partial charge on any atom is 0.387 e. The second-order valence-electron chi connectivity index (χ2n) is 6.55. The van der Waals surface area contributed by atoms with E-state index in [-0.39, 0.29) is 17.0 Å². The average molecular weight is 438 g/mol. The molecule has 32 heavy (non-hydrogen) atoms. The van der Waals surface area contributed by atoms with E-state index in [2.05, 4.69) is 15.0 Å². The number of carbonyl (C=O) groups is 2. The standard InChI is InChI=1S/C23H16F2N2O5/c24-23(25)32-20-9-4-3-8-17(20)27-21(28)13-31-22(29)15-12-18(19-10-5-11-30-19)26-16-7-2-1-6-14(15)16/h1-12,23H,13H2,(H,27,28). The highest BCUT2D eigenvalue weighted by molar-refractivity contribution is 6.05. The van der Waals surface area contributed by atoms with Crippen LogP contribution in [0.25, 0.3) is 22.4 Å². The van der Waals surface area contributed by atoms with E-state index in [1.807, 2.05) is 0 Å². The predicted molar refractivity (Wildman–Crippen MR) is 111 cm³/mol. The Hall–Kier alpha value is -4.27. The van der Waals surface area contributed by atoms with Gasteiger partial charge in [0.2, 0.25) is 0 Å². The lowest BCUT2D eigenvalue weighted by Gasteiger charge is -2.12. The summed E-state index contributed by atoms with van der Waals surface area (Å²) >= 11 is 0. The zero-order valence-corrected chi connectivity index (χ0v) is 16.5. The number of benzene rings is 2. The van der Waals surface area contributed by atoms with Crippen LogP contribution in [0, 0.1) is 0 Å². The van der Waals surface area contributed by atoms with Gasteiger partial charge in [-0.25, -0.2) is 9.78 Å². The molecule has 162 valence electrons. The van der Waals surface area contributed by atoms with E-state index in [1.54, 1.807) is 42.5 Å². The van der Waals surface area contributed by atoms with Crippen molar-refractivity contribution in [1.82, 2.24) is 4.98 Å². The van der Waals surface area contributed by atoms with Gasteiger partial charge in [-0.1, -0.05) is 30.3 Å². The molecule has 0 bridgehead atoms. The zero-order chi connectivity index (χ0) is 22.5. The second kappa shape index (κ2) is 9.25. The van der Waals surface area contributed by atoms with Gasteiger partial charge in [0.25, 0.3) is 5.91 Å². The number of anilines is 1. The molecule has 4 rings (SSSR count). The van der Waals surface area contributed by atoms with E-state index in [4.69, 9.17) is 9.15 Å². The lowest BCUT2D eigenvalue weighted by Crippen LogP contribution is -2.21. The second-order valence-corrected chi connectivity index (χ2v) is 6.55. The summed E-state index contributed by atoms with van der Waals surface area (Å²) in [5, 5.41) is 2.94. The molecule has 0 saturated carbocycles. The van der Waals surface area contributed by atoms with Crippen molar-refractivity contribution < 1.29 is 32.3 Å². The fourth-order valence-electron chi connectivity index (χ4n) is 3.06. The van der Waals surface area contributed by atoms with Gasteiger partial charge >= 0.3 is 12.6 Å². The number of carbonyl (C=O) groups excluding carboxylic acids is 2. The van der Waals surface area contributed by atoms with Gasteiger partial charge in [-0.3, -0.25) is 4.79 Å². The van der Waals surface area contributed by atoms with Crippen LogP contribution in [0.2, 0.25) is 0 Å². The number of rotatable bonds is 7. The first-order valence-electron chi connectivity index (χ1n) is 9.46. The van der Waals surface area contributed by atoms with Crippen LogP contribution in [0.5, 0.6) is 5.75 Å². The van der Waals surface area contributed by atoms with Gasteiger partial charge in [0, 0.05) is 5.39 Å². The summed E-state index contributed by atoms with van der Waals surface area (Å²) in [4.78, 5) is 29.5. The van der Waals surface area contributed by atoms with E-state index in [0.717, 1.165) is 0 Å². The summed E-state index contributed by atoms with van der Waals surface area (Å²) < 4.78 is 39.9. The minimum Gasteiger partial charge on any atom is -0.463 e. The van der Waals surface area contributed by atoms with E-state index in [1.165, 1.54) is 30.5 Å². The van der Waals surface area contributed by atoms with Crippen LogP contribution in [0.3, 0.4) is 0 Å². The highest BCUT2D eigenvalue weighted by atomic mass is 19.3. The van der Waals surface area contributed by atoms with Gasteiger partial charge in [-0.05, 0) is 36.4 Å². The third-order valence-corrected chi connectivity index (χ3v) is 4.42. The molecule has 4 aromatic rings. The van der Waals surface area contributed by atoms with Crippen molar-refractivity contribution in [1.29, 1.82) is 0 Å². The Bertz CT molecular complexity index is 1260. The van der Waals surface area contributed by atoms with E-state index in [0.29, 0.717) is 22.4 Å². The topological polar surface area (TPSA) is 90.7 Å². The zero-order valence-electron chi connectivity index (χ0n) is 16.5. The monoisotopic (exact) mass is 438 g/mol. The van der Waals surface area contributed by atoms with Crippen LogP contribution in [0.4, 0.5) is 14.5 Å². The van der Waals surface area contributed by atoms with E-state index < -0.39 is 25.1 Å². The quantitative estimate of drug-likeness (QED) is 0.413. The Morgan fingerprint density at radius 2 is 1.81 bits per heavy atom. The number of esters is 1. The Kier molecular flexibility index (Phi) is 6.07. The number of alkyl halides is 2. The first kappa shape index (κ1) is 21.0. The highest BCUT2D eigenvalue weighted by Crippen LogP contribution is 2.27. The maximum atomic E-state index is 12.8. The van der Waals surface area contributed by atoms with E-state index in [9.17, 15) is 18.4 Å². The predicted octanol–water partition coefficient (Wildman–Crippen LogP) is 4.89.